The summed E-state index contributed by atoms with van der Waals surface area (Å²) in [6.07, 6.45) is 0.602. The molecule has 0 aromatic heterocycles. The summed E-state index contributed by atoms with van der Waals surface area (Å²) >= 11 is 0. The van der Waals surface area contributed by atoms with Gasteiger partial charge >= 0.3 is 0 Å². The van der Waals surface area contributed by atoms with Crippen LogP contribution in [0.25, 0.3) is 0 Å². The SMILES string of the molecule is CCOc1ccc2c(c1)[C@H]1CC(c3ccccc3)=NN1[C@@H](c1ccc(C)cc1)O2. The van der Waals surface area contributed by atoms with Crippen LogP contribution < -0.4 is 9.47 Å². The van der Waals surface area contributed by atoms with Crippen molar-refractivity contribution < 1.29 is 9.47 Å². The van der Waals surface area contributed by atoms with E-state index in [1.807, 2.05) is 25.1 Å². The van der Waals surface area contributed by atoms with Gasteiger partial charge in [0.2, 0.25) is 6.23 Å². The van der Waals surface area contributed by atoms with Gasteiger partial charge in [0.1, 0.15) is 11.5 Å². The maximum Gasteiger partial charge on any atom is 0.213 e. The van der Waals surface area contributed by atoms with Gasteiger partial charge in [0.05, 0.1) is 18.4 Å². The first kappa shape index (κ1) is 17.8. The molecule has 3 aromatic carbocycles. The first-order chi connectivity index (χ1) is 14.2. The highest BCUT2D eigenvalue weighted by Crippen LogP contribution is 2.48. The Morgan fingerprint density at radius 2 is 1.83 bits per heavy atom. The van der Waals surface area contributed by atoms with E-state index in [0.29, 0.717) is 6.61 Å². The fourth-order valence-corrected chi connectivity index (χ4v) is 4.08. The van der Waals surface area contributed by atoms with Crippen molar-refractivity contribution in [3.8, 4) is 11.5 Å². The molecule has 2 aliphatic heterocycles. The van der Waals surface area contributed by atoms with E-state index in [0.717, 1.165) is 40.3 Å². The quantitative estimate of drug-likeness (QED) is 0.584. The average Bonchev–Trinajstić information content (AvgIpc) is 3.21. The lowest BCUT2D eigenvalue weighted by Crippen LogP contribution is -2.33. The van der Waals surface area contributed by atoms with Crippen molar-refractivity contribution in [2.24, 2.45) is 5.10 Å². The van der Waals surface area contributed by atoms with Gasteiger partial charge in [-0.15, -0.1) is 0 Å². The van der Waals surface area contributed by atoms with E-state index in [1.165, 1.54) is 5.56 Å². The number of ether oxygens (including phenoxy) is 2. The summed E-state index contributed by atoms with van der Waals surface area (Å²) in [6.45, 7) is 4.74. The molecule has 29 heavy (non-hydrogen) atoms. The van der Waals surface area contributed by atoms with Crippen molar-refractivity contribution in [3.05, 3.63) is 95.1 Å². The van der Waals surface area contributed by atoms with E-state index in [2.05, 4.69) is 66.5 Å². The van der Waals surface area contributed by atoms with Crippen LogP contribution in [0, 0.1) is 6.92 Å². The zero-order valence-corrected chi connectivity index (χ0v) is 16.7. The number of hydrazone groups is 1. The molecule has 2 aliphatic rings. The molecule has 0 saturated carbocycles. The van der Waals surface area contributed by atoms with Crippen molar-refractivity contribution in [3.63, 3.8) is 0 Å². The van der Waals surface area contributed by atoms with Crippen molar-refractivity contribution >= 4 is 5.71 Å². The molecule has 0 bridgehead atoms. The van der Waals surface area contributed by atoms with Crippen LogP contribution in [0.3, 0.4) is 0 Å². The highest BCUT2D eigenvalue weighted by Gasteiger charge is 2.41. The second-order valence-electron chi connectivity index (χ2n) is 7.53. The molecule has 2 atom stereocenters. The third kappa shape index (κ3) is 3.25. The Labute approximate surface area is 171 Å². The Hall–Kier alpha value is -3.27. The molecule has 0 spiro atoms. The summed E-state index contributed by atoms with van der Waals surface area (Å²) in [4.78, 5) is 0. The molecule has 2 heterocycles. The van der Waals surface area contributed by atoms with Crippen molar-refractivity contribution in [1.82, 2.24) is 5.01 Å². The molecular formula is C25H24N2O2. The van der Waals surface area contributed by atoms with Crippen LogP contribution in [-0.4, -0.2) is 17.3 Å². The molecule has 0 fully saturated rings. The Kier molecular flexibility index (Phi) is 4.47. The molecule has 146 valence electrons. The number of fused-ring (bicyclic) bond motifs is 3. The van der Waals surface area contributed by atoms with Crippen LogP contribution >= 0.6 is 0 Å². The molecule has 0 aliphatic carbocycles. The van der Waals surface area contributed by atoms with Gasteiger partial charge in [-0.05, 0) is 37.6 Å². The summed E-state index contributed by atoms with van der Waals surface area (Å²) in [5.41, 5.74) is 5.72. The van der Waals surface area contributed by atoms with Crippen molar-refractivity contribution in [1.29, 1.82) is 0 Å². The Bertz CT molecular complexity index is 1040. The van der Waals surface area contributed by atoms with Crippen molar-refractivity contribution in [2.45, 2.75) is 32.5 Å². The minimum absolute atomic E-state index is 0.126. The van der Waals surface area contributed by atoms with Gasteiger partial charge in [0, 0.05) is 17.5 Å². The largest absolute Gasteiger partial charge is 0.494 e. The maximum atomic E-state index is 6.45. The molecule has 5 rings (SSSR count). The van der Waals surface area contributed by atoms with Crippen molar-refractivity contribution in [2.75, 3.05) is 6.61 Å². The minimum atomic E-state index is -0.243. The number of hydrogen-bond acceptors (Lipinski definition) is 4. The monoisotopic (exact) mass is 384 g/mol. The number of hydrogen-bond donors (Lipinski definition) is 0. The van der Waals surface area contributed by atoms with E-state index >= 15 is 0 Å². The first-order valence-electron chi connectivity index (χ1n) is 10.1. The summed E-state index contributed by atoms with van der Waals surface area (Å²) in [7, 11) is 0. The van der Waals surface area contributed by atoms with Crippen LogP contribution in [0.5, 0.6) is 11.5 Å². The van der Waals surface area contributed by atoms with E-state index in [9.17, 15) is 0 Å². The lowest BCUT2D eigenvalue weighted by atomic mass is 9.95. The van der Waals surface area contributed by atoms with E-state index in [-0.39, 0.29) is 12.3 Å². The molecular weight excluding hydrogens is 360 g/mol. The smallest absolute Gasteiger partial charge is 0.213 e. The normalized spacial score (nSPS) is 19.8. The topological polar surface area (TPSA) is 34.1 Å². The Balaban J connectivity index is 1.58. The van der Waals surface area contributed by atoms with Crippen LogP contribution in [0.1, 0.15) is 47.9 Å². The number of benzene rings is 3. The lowest BCUT2D eigenvalue weighted by Gasteiger charge is -2.38. The van der Waals surface area contributed by atoms with E-state index in [1.54, 1.807) is 0 Å². The minimum Gasteiger partial charge on any atom is -0.494 e. The summed E-state index contributed by atoms with van der Waals surface area (Å²) < 4.78 is 12.2. The lowest BCUT2D eigenvalue weighted by molar-refractivity contribution is -0.0191. The van der Waals surface area contributed by atoms with Gasteiger partial charge in [0.15, 0.2) is 0 Å². The third-order valence-corrected chi connectivity index (χ3v) is 5.54. The highest BCUT2D eigenvalue weighted by molar-refractivity contribution is 6.01. The molecule has 0 radical (unpaired) electrons. The zero-order valence-electron chi connectivity index (χ0n) is 16.7. The average molecular weight is 384 g/mol. The molecule has 0 saturated heterocycles. The number of nitrogens with zero attached hydrogens (tertiary/aromatic N) is 2. The van der Waals surface area contributed by atoms with Gasteiger partial charge in [-0.1, -0.05) is 60.2 Å². The van der Waals surface area contributed by atoms with E-state index < -0.39 is 0 Å². The predicted molar refractivity (Wildman–Crippen MR) is 114 cm³/mol. The van der Waals surface area contributed by atoms with Gasteiger partial charge < -0.3 is 9.47 Å². The first-order valence-corrected chi connectivity index (χ1v) is 10.1. The fourth-order valence-electron chi connectivity index (χ4n) is 4.08. The molecule has 0 N–H and O–H groups in total. The zero-order chi connectivity index (χ0) is 19.8. The van der Waals surface area contributed by atoms with E-state index in [4.69, 9.17) is 14.6 Å². The molecule has 4 heteroatoms. The maximum absolute atomic E-state index is 6.45. The predicted octanol–water partition coefficient (Wildman–Crippen LogP) is 5.64. The second-order valence-corrected chi connectivity index (χ2v) is 7.53. The molecule has 4 nitrogen and oxygen atoms in total. The number of rotatable bonds is 4. The Morgan fingerprint density at radius 3 is 2.59 bits per heavy atom. The summed E-state index contributed by atoms with van der Waals surface area (Å²) in [5, 5.41) is 7.14. The third-order valence-electron chi connectivity index (χ3n) is 5.54. The second kappa shape index (κ2) is 7.28. The molecule has 3 aromatic rings. The van der Waals surface area contributed by atoms with Crippen LogP contribution in [0.2, 0.25) is 0 Å². The van der Waals surface area contributed by atoms with Gasteiger partial charge in [-0.25, -0.2) is 5.01 Å². The van der Waals surface area contributed by atoms with Gasteiger partial charge in [0.25, 0.3) is 0 Å². The Morgan fingerprint density at radius 1 is 1.03 bits per heavy atom. The molecule has 0 amide bonds. The number of aryl methyl sites for hydroxylation is 1. The standard InChI is InChI=1S/C25H24N2O2/c1-3-28-20-13-14-24-21(15-20)23-16-22(18-7-5-4-6-8-18)26-27(23)25(29-24)19-11-9-17(2)10-12-19/h4-15,23,25H,3,16H2,1-2H3/t23-,25-/m1/s1. The van der Waals surface area contributed by atoms with Gasteiger partial charge in [-0.3, -0.25) is 0 Å². The summed E-state index contributed by atoms with van der Waals surface area (Å²) in [6, 6.07) is 25.1. The van der Waals surface area contributed by atoms with Crippen LogP contribution in [0.4, 0.5) is 0 Å². The van der Waals surface area contributed by atoms with Gasteiger partial charge in [-0.2, -0.15) is 5.10 Å². The summed E-state index contributed by atoms with van der Waals surface area (Å²) in [5.74, 6) is 1.78. The highest BCUT2D eigenvalue weighted by atomic mass is 16.5. The fraction of sp³-hybridized carbons (Fsp3) is 0.240. The van der Waals surface area contributed by atoms with Crippen LogP contribution in [-0.2, 0) is 0 Å². The van der Waals surface area contributed by atoms with Crippen LogP contribution in [0.15, 0.2) is 77.9 Å². The molecule has 0 unspecified atom stereocenters.